The topological polar surface area (TPSA) is 62.1 Å². The molecule has 0 spiro atoms. The Bertz CT molecular complexity index is 532. The summed E-state index contributed by atoms with van der Waals surface area (Å²) in [5.74, 6) is -1.01. The minimum atomic E-state index is -0.728. The molecule has 0 unspecified atom stereocenters. The molecule has 0 aliphatic heterocycles. The molecule has 0 aliphatic carbocycles. The fourth-order valence-corrected chi connectivity index (χ4v) is 1.79. The maximum Gasteiger partial charge on any atom is 0.238 e. The van der Waals surface area contributed by atoms with Crippen LogP contribution in [0.1, 0.15) is 27.7 Å². The number of benzene rings is 1. The second-order valence-corrected chi connectivity index (χ2v) is 6.11. The highest BCUT2D eigenvalue weighted by Crippen LogP contribution is 2.25. The summed E-state index contributed by atoms with van der Waals surface area (Å²) in [4.78, 5) is 12.0. The first kappa shape index (κ1) is 17.0. The van der Waals surface area contributed by atoms with Crippen LogP contribution < -0.4 is 10.1 Å². The first-order valence-electron chi connectivity index (χ1n) is 6.82. The molecule has 0 aromatic heterocycles. The molecule has 1 aromatic carbocycles. The van der Waals surface area contributed by atoms with Crippen LogP contribution in [-0.4, -0.2) is 18.6 Å². The van der Waals surface area contributed by atoms with Gasteiger partial charge in [0.25, 0.3) is 0 Å². The zero-order valence-electron chi connectivity index (χ0n) is 12.8. The number of nitrogens with one attached hydrogen (secondary N) is 1. The van der Waals surface area contributed by atoms with Crippen LogP contribution in [0.15, 0.2) is 24.3 Å². The summed E-state index contributed by atoms with van der Waals surface area (Å²) in [7, 11) is 0. The number of hydrogen-bond donors (Lipinski definition) is 1. The Hall–Kier alpha value is -2.09. The Morgan fingerprint density at radius 3 is 2.67 bits per heavy atom. The van der Waals surface area contributed by atoms with E-state index in [9.17, 15) is 9.18 Å². The molecule has 0 radical (unpaired) electrons. The van der Waals surface area contributed by atoms with Gasteiger partial charge in [-0.3, -0.25) is 4.79 Å². The van der Waals surface area contributed by atoms with Crippen LogP contribution in [0.2, 0.25) is 0 Å². The van der Waals surface area contributed by atoms with Gasteiger partial charge in [-0.15, -0.1) is 0 Å². The third kappa shape index (κ3) is 5.42. The van der Waals surface area contributed by atoms with Gasteiger partial charge in [-0.1, -0.05) is 26.8 Å². The lowest BCUT2D eigenvalue weighted by Gasteiger charge is -2.25. The van der Waals surface area contributed by atoms with Crippen LogP contribution in [0, 0.1) is 28.5 Å². The molecule has 1 aromatic rings. The molecule has 0 bridgehead atoms. The lowest BCUT2D eigenvalue weighted by Crippen LogP contribution is -2.43. The lowest BCUT2D eigenvalue weighted by atomic mass is 9.81. The molecule has 0 saturated heterocycles. The largest absolute Gasteiger partial charge is 0.491 e. The Morgan fingerprint density at radius 1 is 1.48 bits per heavy atom. The quantitative estimate of drug-likeness (QED) is 0.907. The Balaban J connectivity index is 2.52. The van der Waals surface area contributed by atoms with Crippen molar-refractivity contribution in [3.05, 3.63) is 30.1 Å². The Labute approximate surface area is 124 Å². The average Bonchev–Trinajstić information content (AvgIpc) is 2.35. The van der Waals surface area contributed by atoms with Crippen LogP contribution in [0.25, 0.3) is 0 Å². The molecule has 114 valence electrons. The zero-order valence-corrected chi connectivity index (χ0v) is 12.8. The molecule has 4 nitrogen and oxygen atoms in total. The summed E-state index contributed by atoms with van der Waals surface area (Å²) < 4.78 is 18.4. The van der Waals surface area contributed by atoms with E-state index in [0.29, 0.717) is 5.75 Å². The summed E-state index contributed by atoms with van der Waals surface area (Å²) in [5.41, 5.74) is -0.429. The SMILES string of the molecule is C[C@@H](COc1cccc(F)c1)NC(=O)[C@H](C#N)C(C)(C)C. The molecule has 0 fully saturated rings. The van der Waals surface area contributed by atoms with E-state index in [-0.39, 0.29) is 24.4 Å². The van der Waals surface area contributed by atoms with Gasteiger partial charge in [0.2, 0.25) is 5.91 Å². The normalized spacial score (nSPS) is 13.9. The first-order chi connectivity index (χ1) is 9.74. The van der Waals surface area contributed by atoms with Gasteiger partial charge in [0, 0.05) is 6.07 Å². The summed E-state index contributed by atoms with van der Waals surface area (Å²) in [6.45, 7) is 7.50. The van der Waals surface area contributed by atoms with E-state index in [1.807, 2.05) is 26.8 Å². The monoisotopic (exact) mass is 292 g/mol. The molecular weight excluding hydrogens is 271 g/mol. The third-order valence-electron chi connectivity index (χ3n) is 2.94. The second kappa shape index (κ2) is 7.07. The highest BCUT2D eigenvalue weighted by molar-refractivity contribution is 5.82. The Morgan fingerprint density at radius 2 is 2.14 bits per heavy atom. The number of nitrogens with zero attached hydrogens (tertiary/aromatic N) is 1. The molecule has 2 atom stereocenters. The highest BCUT2D eigenvalue weighted by Gasteiger charge is 2.31. The maximum atomic E-state index is 13.0. The number of rotatable bonds is 5. The van der Waals surface area contributed by atoms with Crippen LogP contribution in [0.3, 0.4) is 0 Å². The predicted octanol–water partition coefficient (Wildman–Crippen LogP) is 2.90. The van der Waals surface area contributed by atoms with Gasteiger partial charge < -0.3 is 10.1 Å². The molecule has 21 heavy (non-hydrogen) atoms. The van der Waals surface area contributed by atoms with Crippen molar-refractivity contribution in [3.8, 4) is 11.8 Å². The second-order valence-electron chi connectivity index (χ2n) is 6.11. The molecule has 0 aliphatic rings. The van der Waals surface area contributed by atoms with Crippen molar-refractivity contribution in [2.75, 3.05) is 6.61 Å². The number of halogens is 1. The smallest absolute Gasteiger partial charge is 0.238 e. The number of nitriles is 1. The third-order valence-corrected chi connectivity index (χ3v) is 2.94. The van der Waals surface area contributed by atoms with Gasteiger partial charge >= 0.3 is 0 Å². The molecule has 1 amide bonds. The van der Waals surface area contributed by atoms with Crippen LogP contribution in [-0.2, 0) is 4.79 Å². The molecule has 1 N–H and O–H groups in total. The van der Waals surface area contributed by atoms with Crippen molar-refractivity contribution in [2.24, 2.45) is 11.3 Å². The fourth-order valence-electron chi connectivity index (χ4n) is 1.79. The fraction of sp³-hybridized carbons (Fsp3) is 0.500. The van der Waals surface area contributed by atoms with Crippen molar-refractivity contribution in [1.82, 2.24) is 5.32 Å². The molecule has 1 rings (SSSR count). The van der Waals surface area contributed by atoms with Crippen LogP contribution in [0.5, 0.6) is 5.75 Å². The first-order valence-corrected chi connectivity index (χ1v) is 6.82. The van der Waals surface area contributed by atoms with Crippen molar-refractivity contribution in [2.45, 2.75) is 33.7 Å². The van der Waals surface area contributed by atoms with Gasteiger partial charge in [0.1, 0.15) is 24.1 Å². The summed E-state index contributed by atoms with van der Waals surface area (Å²) in [6.07, 6.45) is 0. The van der Waals surface area contributed by atoms with Gasteiger partial charge in [-0.05, 0) is 24.5 Å². The Kier molecular flexibility index (Phi) is 5.71. The van der Waals surface area contributed by atoms with Gasteiger partial charge in [0.15, 0.2) is 0 Å². The number of hydrogen-bond acceptors (Lipinski definition) is 3. The number of carbonyl (C=O) groups is 1. The van der Waals surface area contributed by atoms with Crippen molar-refractivity contribution in [3.63, 3.8) is 0 Å². The molecule has 0 saturated carbocycles. The standard InChI is InChI=1S/C16H21FN2O2/c1-11(10-21-13-7-5-6-12(17)8-13)19-15(20)14(9-18)16(2,3)4/h5-8,11,14H,10H2,1-4H3,(H,19,20)/t11-,14-/m0/s1. The van der Waals surface area contributed by atoms with Crippen molar-refractivity contribution in [1.29, 1.82) is 5.26 Å². The van der Waals surface area contributed by atoms with E-state index < -0.39 is 11.3 Å². The van der Waals surface area contributed by atoms with Crippen LogP contribution >= 0.6 is 0 Å². The van der Waals surface area contributed by atoms with E-state index in [0.717, 1.165) is 0 Å². The van der Waals surface area contributed by atoms with E-state index in [1.54, 1.807) is 19.1 Å². The maximum absolute atomic E-state index is 13.0. The number of amides is 1. The summed E-state index contributed by atoms with van der Waals surface area (Å²) in [6, 6.07) is 7.56. The predicted molar refractivity (Wildman–Crippen MR) is 78.1 cm³/mol. The van der Waals surface area contributed by atoms with E-state index in [1.165, 1.54) is 12.1 Å². The highest BCUT2D eigenvalue weighted by atomic mass is 19.1. The minimum absolute atomic E-state index is 0.206. The average molecular weight is 292 g/mol. The number of ether oxygens (including phenoxy) is 1. The molecule has 0 heterocycles. The zero-order chi connectivity index (χ0) is 16.0. The van der Waals surface area contributed by atoms with Gasteiger partial charge in [-0.25, -0.2) is 4.39 Å². The van der Waals surface area contributed by atoms with Gasteiger partial charge in [-0.2, -0.15) is 5.26 Å². The van der Waals surface area contributed by atoms with Crippen molar-refractivity contribution >= 4 is 5.91 Å². The molecular formula is C16H21FN2O2. The van der Waals surface area contributed by atoms with Gasteiger partial charge in [0.05, 0.1) is 12.1 Å². The number of carbonyl (C=O) groups excluding carboxylic acids is 1. The van der Waals surface area contributed by atoms with E-state index in [2.05, 4.69) is 5.32 Å². The summed E-state index contributed by atoms with van der Waals surface area (Å²) in [5, 5.41) is 11.8. The minimum Gasteiger partial charge on any atom is -0.491 e. The van der Waals surface area contributed by atoms with E-state index >= 15 is 0 Å². The molecule has 5 heteroatoms. The summed E-state index contributed by atoms with van der Waals surface area (Å²) >= 11 is 0. The van der Waals surface area contributed by atoms with Crippen molar-refractivity contribution < 1.29 is 13.9 Å². The van der Waals surface area contributed by atoms with Crippen LogP contribution in [0.4, 0.5) is 4.39 Å². The lowest BCUT2D eigenvalue weighted by molar-refractivity contribution is -0.126. The van der Waals surface area contributed by atoms with E-state index in [4.69, 9.17) is 10.00 Å².